The van der Waals surface area contributed by atoms with Crippen molar-refractivity contribution in [3.63, 3.8) is 0 Å². The van der Waals surface area contributed by atoms with E-state index in [2.05, 4.69) is 14.4 Å². The zero-order valence-corrected chi connectivity index (χ0v) is 13.2. The number of carbonyl (C=O) groups is 1. The lowest BCUT2D eigenvalue weighted by Crippen LogP contribution is -2.41. The Morgan fingerprint density at radius 1 is 1.47 bits per heavy atom. The first kappa shape index (κ1) is 16.1. The molecule has 0 saturated carbocycles. The predicted octanol–water partition coefficient (Wildman–Crippen LogP) is 1.64. The highest BCUT2D eigenvalue weighted by Crippen LogP contribution is 2.24. The second-order valence-corrected chi connectivity index (χ2v) is 7.95. The lowest BCUT2D eigenvalue weighted by Gasteiger charge is -2.27. The summed E-state index contributed by atoms with van der Waals surface area (Å²) in [5.41, 5.74) is 0.896. The maximum absolute atomic E-state index is 12.2. The summed E-state index contributed by atoms with van der Waals surface area (Å²) >= 11 is 0.890. The number of thiazole rings is 1. The van der Waals surface area contributed by atoms with Crippen molar-refractivity contribution in [1.82, 2.24) is 9.71 Å². The highest BCUT2D eigenvalue weighted by Gasteiger charge is 2.31. The number of hydrogen-bond acceptors (Lipinski definition) is 6. The number of sulfonamides is 1. The van der Waals surface area contributed by atoms with Crippen LogP contribution >= 0.6 is 11.3 Å². The highest BCUT2D eigenvalue weighted by molar-refractivity contribution is 7.91. The second kappa shape index (κ2) is 5.56. The molecular formula is C11H18N2O4S2. The molecular weight excluding hydrogens is 288 g/mol. The van der Waals surface area contributed by atoms with E-state index >= 15 is 0 Å². The average Bonchev–Trinajstić information content (AvgIpc) is 2.75. The molecule has 0 fully saturated rings. The van der Waals surface area contributed by atoms with Gasteiger partial charge in [0.25, 0.3) is 10.0 Å². The monoisotopic (exact) mass is 306 g/mol. The summed E-state index contributed by atoms with van der Waals surface area (Å²) in [4.78, 5) is 15.2. The summed E-state index contributed by atoms with van der Waals surface area (Å²) in [7, 11) is -2.60. The first-order chi connectivity index (χ1) is 8.59. The third kappa shape index (κ3) is 3.74. The number of carbonyl (C=O) groups excluding carboxylic acids is 1. The van der Waals surface area contributed by atoms with Crippen LogP contribution in [0.1, 0.15) is 38.2 Å². The summed E-state index contributed by atoms with van der Waals surface area (Å²) < 4.78 is 31.4. The Morgan fingerprint density at radius 2 is 2.05 bits per heavy atom. The fourth-order valence-corrected chi connectivity index (χ4v) is 3.72. The van der Waals surface area contributed by atoms with Crippen LogP contribution in [-0.2, 0) is 14.8 Å². The van der Waals surface area contributed by atoms with Gasteiger partial charge in [-0.25, -0.2) is 22.9 Å². The van der Waals surface area contributed by atoms with Crippen molar-refractivity contribution >= 4 is 27.3 Å². The molecule has 0 saturated heterocycles. The van der Waals surface area contributed by atoms with E-state index < -0.39 is 16.0 Å². The third-order valence-electron chi connectivity index (χ3n) is 2.79. The van der Waals surface area contributed by atoms with Crippen molar-refractivity contribution < 1.29 is 17.9 Å². The third-order valence-corrected chi connectivity index (χ3v) is 5.70. The number of hydrogen-bond donors (Lipinski definition) is 1. The van der Waals surface area contributed by atoms with Gasteiger partial charge in [-0.15, -0.1) is 11.3 Å². The van der Waals surface area contributed by atoms with Crippen LogP contribution in [0.3, 0.4) is 0 Å². The maximum atomic E-state index is 12.2. The maximum Gasteiger partial charge on any atom is 0.358 e. The van der Waals surface area contributed by atoms with Gasteiger partial charge in [0.05, 0.1) is 12.6 Å². The van der Waals surface area contributed by atoms with Gasteiger partial charge in [-0.3, -0.25) is 0 Å². The molecule has 1 aromatic rings. The molecule has 1 N–H and O–H groups in total. The summed E-state index contributed by atoms with van der Waals surface area (Å²) in [5.74, 6) is -0.759. The van der Waals surface area contributed by atoms with E-state index in [0.717, 1.165) is 11.3 Å². The molecule has 0 spiro atoms. The fourth-order valence-electron chi connectivity index (χ4n) is 1.12. The van der Waals surface area contributed by atoms with E-state index in [4.69, 9.17) is 0 Å². The summed E-state index contributed by atoms with van der Waals surface area (Å²) in [6, 6.07) is -0.287. The Kier molecular flexibility index (Phi) is 4.70. The van der Waals surface area contributed by atoms with E-state index in [-0.39, 0.29) is 21.4 Å². The predicted molar refractivity (Wildman–Crippen MR) is 72.7 cm³/mol. The second-order valence-electron chi connectivity index (χ2n) is 5.19. The molecule has 1 atom stereocenters. The molecule has 108 valence electrons. The summed E-state index contributed by atoms with van der Waals surface area (Å²) in [5, 5.41) is 0. The molecule has 1 heterocycles. The number of aromatic nitrogens is 1. The van der Waals surface area contributed by atoms with Gasteiger partial charge in [0.1, 0.15) is 0 Å². The van der Waals surface area contributed by atoms with Crippen LogP contribution in [0.15, 0.2) is 9.72 Å². The summed E-state index contributed by atoms with van der Waals surface area (Å²) in [6.45, 7) is 7.55. The molecule has 0 aliphatic heterocycles. The molecule has 0 radical (unpaired) electrons. The zero-order valence-electron chi connectivity index (χ0n) is 11.6. The van der Waals surface area contributed by atoms with E-state index in [0.29, 0.717) is 0 Å². The molecule has 6 nitrogen and oxygen atoms in total. The van der Waals surface area contributed by atoms with Crippen LogP contribution < -0.4 is 4.72 Å². The molecule has 8 heteroatoms. The fraction of sp³-hybridized carbons (Fsp3) is 0.636. The minimum atomic E-state index is -3.78. The number of nitrogens with one attached hydrogen (secondary N) is 1. The highest BCUT2D eigenvalue weighted by atomic mass is 32.2. The van der Waals surface area contributed by atoms with Crippen LogP contribution in [0, 0.1) is 5.41 Å². The van der Waals surface area contributed by atoms with E-state index in [1.165, 1.54) is 12.6 Å². The molecule has 19 heavy (non-hydrogen) atoms. The van der Waals surface area contributed by atoms with Gasteiger partial charge < -0.3 is 4.74 Å². The van der Waals surface area contributed by atoms with Crippen molar-refractivity contribution in [1.29, 1.82) is 0 Å². The molecule has 0 aliphatic rings. The van der Waals surface area contributed by atoms with Crippen LogP contribution in [-0.4, -0.2) is 32.5 Å². The Hall–Kier alpha value is -0.990. The van der Waals surface area contributed by atoms with Crippen LogP contribution in [0.4, 0.5) is 0 Å². The van der Waals surface area contributed by atoms with Crippen molar-refractivity contribution in [2.45, 2.75) is 37.9 Å². The van der Waals surface area contributed by atoms with Gasteiger partial charge in [-0.1, -0.05) is 20.8 Å². The number of nitrogens with zero attached hydrogens (tertiary/aromatic N) is 1. The van der Waals surface area contributed by atoms with Crippen LogP contribution in [0.2, 0.25) is 0 Å². The Labute approximate surface area is 117 Å². The SMILES string of the molecule is COC(=O)c1ncsc1S(=O)(=O)NC(C)C(C)(C)C. The molecule has 0 bridgehead atoms. The molecule has 1 unspecified atom stereocenters. The molecule has 0 amide bonds. The zero-order chi connectivity index (χ0) is 14.8. The van der Waals surface area contributed by atoms with Gasteiger partial charge >= 0.3 is 5.97 Å². The van der Waals surface area contributed by atoms with Gasteiger partial charge in [-0.2, -0.15) is 0 Å². The van der Waals surface area contributed by atoms with Crippen molar-refractivity contribution in [3.8, 4) is 0 Å². The van der Waals surface area contributed by atoms with Crippen molar-refractivity contribution in [2.75, 3.05) is 7.11 Å². The summed E-state index contributed by atoms with van der Waals surface area (Å²) in [6.07, 6.45) is 0. The normalized spacial score (nSPS) is 14.2. The standard InChI is InChI=1S/C11H18N2O4S2/c1-7(11(2,3)4)13-19(15,16)10-8(9(14)17-5)12-6-18-10/h6-7,13H,1-5H3. The van der Waals surface area contributed by atoms with Gasteiger partial charge in [0, 0.05) is 6.04 Å². The Morgan fingerprint density at radius 3 is 2.53 bits per heavy atom. The quantitative estimate of drug-likeness (QED) is 0.855. The number of rotatable bonds is 4. The molecule has 0 aliphatic carbocycles. The first-order valence-electron chi connectivity index (χ1n) is 5.63. The largest absolute Gasteiger partial charge is 0.464 e. The van der Waals surface area contributed by atoms with Crippen molar-refractivity contribution in [2.24, 2.45) is 5.41 Å². The van der Waals surface area contributed by atoms with E-state index in [1.807, 2.05) is 20.8 Å². The van der Waals surface area contributed by atoms with E-state index in [1.54, 1.807) is 6.92 Å². The Balaban J connectivity index is 3.09. The molecule has 1 aromatic heterocycles. The molecule has 0 aromatic carbocycles. The minimum Gasteiger partial charge on any atom is -0.464 e. The smallest absolute Gasteiger partial charge is 0.358 e. The van der Waals surface area contributed by atoms with Crippen molar-refractivity contribution in [3.05, 3.63) is 11.2 Å². The average molecular weight is 306 g/mol. The molecule has 1 rings (SSSR count). The first-order valence-corrected chi connectivity index (χ1v) is 8.00. The number of methoxy groups -OCH3 is 1. The number of esters is 1. The number of ether oxygens (including phenoxy) is 1. The lowest BCUT2D eigenvalue weighted by atomic mass is 9.89. The topological polar surface area (TPSA) is 85.4 Å². The van der Waals surface area contributed by atoms with Gasteiger partial charge in [0.2, 0.25) is 0 Å². The van der Waals surface area contributed by atoms with Gasteiger partial charge in [0.15, 0.2) is 9.90 Å². The minimum absolute atomic E-state index is 0.115. The van der Waals surface area contributed by atoms with Crippen LogP contribution in [0.5, 0.6) is 0 Å². The lowest BCUT2D eigenvalue weighted by molar-refractivity contribution is 0.0590. The Bertz CT molecular complexity index is 557. The van der Waals surface area contributed by atoms with Gasteiger partial charge in [-0.05, 0) is 12.3 Å². The van der Waals surface area contributed by atoms with E-state index in [9.17, 15) is 13.2 Å². The van der Waals surface area contributed by atoms with Crippen LogP contribution in [0.25, 0.3) is 0 Å².